The lowest BCUT2D eigenvalue weighted by Crippen LogP contribution is -2.36. The van der Waals surface area contributed by atoms with E-state index < -0.39 is 17.8 Å². The van der Waals surface area contributed by atoms with Gasteiger partial charge in [0.2, 0.25) is 0 Å². The zero-order valence-corrected chi connectivity index (χ0v) is 9.23. The van der Waals surface area contributed by atoms with Crippen LogP contribution in [0.2, 0.25) is 0 Å². The van der Waals surface area contributed by atoms with Crippen LogP contribution in [0.4, 0.5) is 0 Å². The number of esters is 1. The second kappa shape index (κ2) is 3.61. The maximum Gasteiger partial charge on any atom is 0.312 e. The Kier molecular flexibility index (Phi) is 2.56. The molecule has 0 radical (unpaired) electrons. The predicted molar refractivity (Wildman–Crippen MR) is 53.1 cm³/mol. The fourth-order valence-electron chi connectivity index (χ4n) is 1.43. The van der Waals surface area contributed by atoms with E-state index in [1.54, 1.807) is 0 Å². The predicted octanol–water partition coefficient (Wildman–Crippen LogP) is 1.26. The molecule has 2 bridgehead atoms. The number of carbonyl (C=O) groups is 1. The molecule has 84 valence electrons. The van der Waals surface area contributed by atoms with Gasteiger partial charge in [-0.05, 0) is 26.8 Å². The van der Waals surface area contributed by atoms with Gasteiger partial charge in [-0.2, -0.15) is 0 Å². The summed E-state index contributed by atoms with van der Waals surface area (Å²) in [7, 11) is 0. The summed E-state index contributed by atoms with van der Waals surface area (Å²) in [5.74, 6) is -0.241. The van der Waals surface area contributed by atoms with Crippen LogP contribution in [0.15, 0.2) is 12.2 Å². The molecular formula is C11H16O4. The second-order valence-electron chi connectivity index (χ2n) is 4.88. The van der Waals surface area contributed by atoms with Crippen LogP contribution in [-0.2, 0) is 19.0 Å². The van der Waals surface area contributed by atoms with E-state index in [0.717, 1.165) is 0 Å². The Labute approximate surface area is 89.2 Å². The molecule has 0 aromatic heterocycles. The maximum absolute atomic E-state index is 11.6. The Morgan fingerprint density at radius 2 is 2.13 bits per heavy atom. The summed E-state index contributed by atoms with van der Waals surface area (Å²) in [5, 5.41) is 0. The van der Waals surface area contributed by atoms with E-state index in [1.165, 1.54) is 0 Å². The molecular weight excluding hydrogens is 196 g/mol. The molecule has 1 fully saturated rings. The SMILES string of the molecule is CC(C)(C)C(=O)O[C@H]1C=C[C@H]2CO[C@@H]1O2. The monoisotopic (exact) mass is 212 g/mol. The summed E-state index contributed by atoms with van der Waals surface area (Å²) in [6.45, 7) is 6.01. The largest absolute Gasteiger partial charge is 0.452 e. The number of carbonyl (C=O) groups excluding carboxylic acids is 1. The Morgan fingerprint density at radius 1 is 1.40 bits per heavy atom. The van der Waals surface area contributed by atoms with Crippen LogP contribution in [0.3, 0.4) is 0 Å². The highest BCUT2D eigenvalue weighted by molar-refractivity contribution is 5.75. The average molecular weight is 212 g/mol. The molecule has 0 unspecified atom stereocenters. The van der Waals surface area contributed by atoms with Gasteiger partial charge in [-0.15, -0.1) is 0 Å². The van der Waals surface area contributed by atoms with E-state index in [1.807, 2.05) is 32.9 Å². The van der Waals surface area contributed by atoms with Crippen LogP contribution in [0.5, 0.6) is 0 Å². The van der Waals surface area contributed by atoms with Crippen molar-refractivity contribution < 1.29 is 19.0 Å². The molecule has 0 spiro atoms. The first-order valence-corrected chi connectivity index (χ1v) is 5.13. The van der Waals surface area contributed by atoms with Crippen LogP contribution < -0.4 is 0 Å². The van der Waals surface area contributed by atoms with Gasteiger partial charge < -0.3 is 14.2 Å². The van der Waals surface area contributed by atoms with Crippen molar-refractivity contribution in [3.63, 3.8) is 0 Å². The molecule has 3 atom stereocenters. The van der Waals surface area contributed by atoms with E-state index in [0.29, 0.717) is 6.61 Å². The lowest BCUT2D eigenvalue weighted by molar-refractivity contribution is -0.177. The molecule has 2 rings (SSSR count). The van der Waals surface area contributed by atoms with Crippen LogP contribution >= 0.6 is 0 Å². The summed E-state index contributed by atoms with van der Waals surface area (Å²) in [4.78, 5) is 11.6. The summed E-state index contributed by atoms with van der Waals surface area (Å²) in [6, 6.07) is 0. The Bertz CT molecular complexity index is 289. The van der Waals surface area contributed by atoms with Gasteiger partial charge in [0, 0.05) is 0 Å². The molecule has 0 aromatic rings. The number of ether oxygens (including phenoxy) is 3. The Morgan fingerprint density at radius 3 is 2.80 bits per heavy atom. The van der Waals surface area contributed by atoms with Crippen LogP contribution in [-0.4, -0.2) is 31.1 Å². The minimum atomic E-state index is -0.497. The standard InChI is InChI=1S/C11H16O4/c1-11(2,3)10(12)15-8-5-4-7-6-13-9(8)14-7/h4-5,7-9H,6H2,1-3H3/t7-,8-,9+/m0/s1. The number of fused-ring (bicyclic) bond motifs is 2. The highest BCUT2D eigenvalue weighted by Crippen LogP contribution is 2.26. The molecule has 0 saturated carbocycles. The van der Waals surface area contributed by atoms with Crippen molar-refractivity contribution >= 4 is 5.97 Å². The Balaban J connectivity index is 1.98. The topological polar surface area (TPSA) is 44.8 Å². The minimum absolute atomic E-state index is 0.0274. The molecule has 0 N–H and O–H groups in total. The van der Waals surface area contributed by atoms with Crippen molar-refractivity contribution in [2.75, 3.05) is 6.61 Å². The van der Waals surface area contributed by atoms with Crippen molar-refractivity contribution in [2.24, 2.45) is 5.41 Å². The lowest BCUT2D eigenvalue weighted by Gasteiger charge is -2.26. The molecule has 4 nitrogen and oxygen atoms in total. The van der Waals surface area contributed by atoms with E-state index in [2.05, 4.69) is 0 Å². The first-order chi connectivity index (χ1) is 6.97. The number of hydrogen-bond acceptors (Lipinski definition) is 4. The van der Waals surface area contributed by atoms with Gasteiger partial charge in [0.1, 0.15) is 6.10 Å². The highest BCUT2D eigenvalue weighted by Gasteiger charge is 2.38. The fraction of sp³-hybridized carbons (Fsp3) is 0.727. The minimum Gasteiger partial charge on any atom is -0.452 e. The summed E-state index contributed by atoms with van der Waals surface area (Å²) < 4.78 is 16.1. The summed E-state index contributed by atoms with van der Waals surface area (Å²) >= 11 is 0. The fourth-order valence-corrected chi connectivity index (χ4v) is 1.43. The molecule has 2 heterocycles. The number of hydrogen-bond donors (Lipinski definition) is 0. The number of rotatable bonds is 1. The van der Waals surface area contributed by atoms with Gasteiger partial charge in [0.15, 0.2) is 12.4 Å². The van der Waals surface area contributed by atoms with Crippen molar-refractivity contribution in [1.29, 1.82) is 0 Å². The maximum atomic E-state index is 11.6. The molecule has 15 heavy (non-hydrogen) atoms. The van der Waals surface area contributed by atoms with Crippen molar-refractivity contribution in [3.8, 4) is 0 Å². The summed E-state index contributed by atoms with van der Waals surface area (Å²) in [5.41, 5.74) is -0.497. The van der Waals surface area contributed by atoms with E-state index in [-0.39, 0.29) is 12.1 Å². The van der Waals surface area contributed by atoms with Crippen LogP contribution in [0.25, 0.3) is 0 Å². The van der Waals surface area contributed by atoms with E-state index in [4.69, 9.17) is 14.2 Å². The lowest BCUT2D eigenvalue weighted by atomic mass is 9.97. The van der Waals surface area contributed by atoms with Gasteiger partial charge in [-0.25, -0.2) is 0 Å². The first kappa shape index (κ1) is 10.6. The molecule has 2 aliphatic rings. The smallest absolute Gasteiger partial charge is 0.312 e. The average Bonchev–Trinajstić information content (AvgIpc) is 2.52. The van der Waals surface area contributed by atoms with Gasteiger partial charge >= 0.3 is 5.97 Å². The molecule has 0 amide bonds. The molecule has 0 aromatic carbocycles. The Hall–Kier alpha value is -0.870. The van der Waals surface area contributed by atoms with E-state index >= 15 is 0 Å². The molecule has 4 heteroatoms. The van der Waals surface area contributed by atoms with Gasteiger partial charge in [-0.3, -0.25) is 4.79 Å². The third-order valence-electron chi connectivity index (χ3n) is 2.37. The van der Waals surface area contributed by atoms with E-state index in [9.17, 15) is 4.79 Å². The third kappa shape index (κ3) is 2.21. The van der Waals surface area contributed by atoms with Gasteiger partial charge in [0.05, 0.1) is 12.0 Å². The van der Waals surface area contributed by atoms with Gasteiger partial charge in [0.25, 0.3) is 0 Å². The first-order valence-electron chi connectivity index (χ1n) is 5.13. The van der Waals surface area contributed by atoms with Gasteiger partial charge in [-0.1, -0.05) is 6.08 Å². The molecule has 2 aliphatic heterocycles. The van der Waals surface area contributed by atoms with Crippen LogP contribution in [0.1, 0.15) is 20.8 Å². The second-order valence-corrected chi connectivity index (χ2v) is 4.88. The normalized spacial score (nSPS) is 34.2. The van der Waals surface area contributed by atoms with Crippen molar-refractivity contribution in [3.05, 3.63) is 12.2 Å². The zero-order chi connectivity index (χ0) is 11.1. The third-order valence-corrected chi connectivity index (χ3v) is 2.37. The van der Waals surface area contributed by atoms with Crippen LogP contribution in [0, 0.1) is 5.41 Å². The zero-order valence-electron chi connectivity index (χ0n) is 9.23. The highest BCUT2D eigenvalue weighted by atomic mass is 16.7. The quantitative estimate of drug-likeness (QED) is 0.485. The molecule has 1 saturated heterocycles. The van der Waals surface area contributed by atoms with Crippen molar-refractivity contribution in [2.45, 2.75) is 39.3 Å². The molecule has 0 aliphatic carbocycles. The summed E-state index contributed by atoms with van der Waals surface area (Å²) in [6.07, 6.45) is 2.92. The van der Waals surface area contributed by atoms with Crippen molar-refractivity contribution in [1.82, 2.24) is 0 Å².